The van der Waals surface area contributed by atoms with Crippen LogP contribution in [-0.4, -0.2) is 36.6 Å². The summed E-state index contributed by atoms with van der Waals surface area (Å²) in [5.74, 6) is -1.77. The molecule has 2 rings (SSSR count). The van der Waals surface area contributed by atoms with Gasteiger partial charge in [0.15, 0.2) is 8.32 Å². The molecule has 5 nitrogen and oxygen atoms in total. The minimum atomic E-state index is -2.12. The zero-order chi connectivity index (χ0) is 16.3. The summed E-state index contributed by atoms with van der Waals surface area (Å²) in [4.78, 5) is 23.5. The first-order valence-electron chi connectivity index (χ1n) is 7.51. The average molecular weight is 314 g/mol. The molecule has 2 aliphatic carbocycles. The Morgan fingerprint density at radius 1 is 1.14 bits per heavy atom. The van der Waals surface area contributed by atoms with Gasteiger partial charge in [0.05, 0.1) is 16.9 Å². The van der Waals surface area contributed by atoms with Gasteiger partial charge in [0, 0.05) is 0 Å². The monoisotopic (exact) mass is 314 g/mol. The summed E-state index contributed by atoms with van der Waals surface area (Å²) in [5.41, 5.74) is -1.90. The lowest BCUT2D eigenvalue weighted by atomic mass is 9.80. The van der Waals surface area contributed by atoms with Crippen molar-refractivity contribution in [2.75, 3.05) is 0 Å². The van der Waals surface area contributed by atoms with Crippen LogP contribution < -0.4 is 0 Å². The predicted molar refractivity (Wildman–Crippen MR) is 80.7 cm³/mol. The van der Waals surface area contributed by atoms with Crippen molar-refractivity contribution in [1.29, 1.82) is 0 Å². The van der Waals surface area contributed by atoms with Gasteiger partial charge in [-0.3, -0.25) is 9.59 Å². The van der Waals surface area contributed by atoms with E-state index < -0.39 is 37.2 Å². The molecule has 2 saturated carbocycles. The molecule has 0 aliphatic heterocycles. The van der Waals surface area contributed by atoms with Crippen LogP contribution in [-0.2, 0) is 14.0 Å². The van der Waals surface area contributed by atoms with Crippen LogP contribution in [0, 0.1) is 10.8 Å². The van der Waals surface area contributed by atoms with Crippen molar-refractivity contribution >= 4 is 20.3 Å². The van der Waals surface area contributed by atoms with Crippen LogP contribution in [0.15, 0.2) is 0 Å². The largest absolute Gasteiger partial charge is 0.481 e. The molecule has 0 heterocycles. The topological polar surface area (TPSA) is 83.8 Å². The Morgan fingerprint density at radius 3 is 2.14 bits per heavy atom. The third-order valence-corrected chi connectivity index (χ3v) is 10.5. The Labute approximate surface area is 126 Å². The van der Waals surface area contributed by atoms with E-state index in [4.69, 9.17) is 4.43 Å². The van der Waals surface area contributed by atoms with Gasteiger partial charge in [0.2, 0.25) is 0 Å². The lowest BCUT2D eigenvalue weighted by Gasteiger charge is -2.43. The van der Waals surface area contributed by atoms with Crippen molar-refractivity contribution < 1.29 is 24.2 Å². The molecule has 2 aliphatic rings. The van der Waals surface area contributed by atoms with Crippen LogP contribution in [0.25, 0.3) is 0 Å². The van der Waals surface area contributed by atoms with E-state index >= 15 is 0 Å². The molecule has 3 atom stereocenters. The lowest BCUT2D eigenvalue weighted by Crippen LogP contribution is -2.50. The number of rotatable bonds is 4. The second-order valence-corrected chi connectivity index (χ2v) is 13.1. The standard InChI is InChI=1S/C15H26O5Si/c1-13(2,3)21(4,5)20-10-8-14(11(16)17)6-7-15(10,9-14)12(18)19/h10H,6-9H2,1-5H3,(H,16,17)(H,18,19)/t10-,14-,15-/m1/s1. The van der Waals surface area contributed by atoms with Gasteiger partial charge in [-0.1, -0.05) is 20.8 Å². The summed E-state index contributed by atoms with van der Waals surface area (Å²) >= 11 is 0. The minimum Gasteiger partial charge on any atom is -0.481 e. The van der Waals surface area contributed by atoms with Gasteiger partial charge in [-0.15, -0.1) is 0 Å². The molecule has 120 valence electrons. The number of carbonyl (C=O) groups is 2. The maximum atomic E-state index is 11.8. The van der Waals surface area contributed by atoms with E-state index in [1.165, 1.54) is 0 Å². The number of fused-ring (bicyclic) bond motifs is 2. The van der Waals surface area contributed by atoms with E-state index in [1.54, 1.807) is 0 Å². The first-order chi connectivity index (χ1) is 9.36. The molecule has 6 heteroatoms. The van der Waals surface area contributed by atoms with Crippen molar-refractivity contribution in [3.63, 3.8) is 0 Å². The van der Waals surface area contributed by atoms with Gasteiger partial charge >= 0.3 is 11.9 Å². The third kappa shape index (κ3) is 2.32. The number of carboxylic acids is 2. The maximum Gasteiger partial charge on any atom is 0.312 e. The third-order valence-electron chi connectivity index (χ3n) is 6.02. The minimum absolute atomic E-state index is 0.0229. The molecule has 0 aromatic rings. The summed E-state index contributed by atoms with van der Waals surface area (Å²) in [6, 6.07) is 0. The molecule has 0 amide bonds. The van der Waals surface area contributed by atoms with Gasteiger partial charge in [-0.25, -0.2) is 0 Å². The van der Waals surface area contributed by atoms with E-state index in [0.717, 1.165) is 0 Å². The highest BCUT2D eigenvalue weighted by Gasteiger charge is 2.68. The van der Waals surface area contributed by atoms with Gasteiger partial charge < -0.3 is 14.6 Å². The van der Waals surface area contributed by atoms with E-state index in [9.17, 15) is 19.8 Å². The van der Waals surface area contributed by atoms with Crippen LogP contribution in [0.1, 0.15) is 46.5 Å². The SMILES string of the molecule is CC(C)(C)[Si](C)(C)O[C@@H]1C[C@]2(C(=O)O)CC[C@@]1(C(=O)O)C2. The molecular weight excluding hydrogens is 288 g/mol. The van der Waals surface area contributed by atoms with Crippen molar-refractivity contribution in [3.05, 3.63) is 0 Å². The normalized spacial score (nSPS) is 36.0. The first-order valence-corrected chi connectivity index (χ1v) is 10.4. The first kappa shape index (κ1) is 16.5. The van der Waals surface area contributed by atoms with Crippen molar-refractivity contribution in [2.45, 2.75) is 70.7 Å². The lowest BCUT2D eigenvalue weighted by molar-refractivity contribution is -0.154. The second kappa shape index (κ2) is 4.55. The average Bonchev–Trinajstić information content (AvgIpc) is 2.82. The van der Waals surface area contributed by atoms with E-state index in [0.29, 0.717) is 19.3 Å². The Kier molecular flexibility index (Phi) is 3.58. The number of carboxylic acid groups (broad SMARTS) is 2. The molecule has 21 heavy (non-hydrogen) atoms. The summed E-state index contributed by atoms with van der Waals surface area (Å²) in [6.45, 7) is 10.5. The van der Waals surface area contributed by atoms with Crippen molar-refractivity contribution in [3.8, 4) is 0 Å². The van der Waals surface area contributed by atoms with Gasteiger partial charge in [-0.2, -0.15) is 0 Å². The predicted octanol–water partition coefficient (Wildman–Crippen LogP) is 3.11. The Morgan fingerprint density at radius 2 is 1.71 bits per heavy atom. The smallest absolute Gasteiger partial charge is 0.312 e. The Hall–Kier alpha value is -0.883. The fourth-order valence-electron chi connectivity index (χ4n) is 3.52. The van der Waals surface area contributed by atoms with Crippen molar-refractivity contribution in [1.82, 2.24) is 0 Å². The fourth-order valence-corrected chi connectivity index (χ4v) is 4.89. The highest BCUT2D eigenvalue weighted by molar-refractivity contribution is 6.74. The van der Waals surface area contributed by atoms with Crippen LogP contribution in [0.5, 0.6) is 0 Å². The van der Waals surface area contributed by atoms with E-state index in [1.807, 2.05) is 0 Å². The second-order valence-electron chi connectivity index (χ2n) is 8.29. The molecule has 0 radical (unpaired) electrons. The van der Waals surface area contributed by atoms with E-state index in [2.05, 4.69) is 33.9 Å². The fraction of sp³-hybridized carbons (Fsp3) is 0.867. The molecule has 0 spiro atoms. The molecule has 0 aromatic carbocycles. The highest BCUT2D eigenvalue weighted by Crippen LogP contribution is 2.63. The van der Waals surface area contributed by atoms with Gasteiger partial charge in [0.25, 0.3) is 0 Å². The maximum absolute atomic E-state index is 11.8. The van der Waals surface area contributed by atoms with Crippen LogP contribution in [0.4, 0.5) is 0 Å². The Bertz CT molecular complexity index is 481. The summed E-state index contributed by atoms with van der Waals surface area (Å²) in [7, 11) is -2.12. The molecule has 0 saturated heterocycles. The molecule has 2 fully saturated rings. The molecular formula is C15H26O5Si. The van der Waals surface area contributed by atoms with Gasteiger partial charge in [-0.05, 0) is 43.8 Å². The molecule has 2 N–H and O–H groups in total. The number of hydrogen-bond acceptors (Lipinski definition) is 3. The van der Waals surface area contributed by atoms with Gasteiger partial charge in [0.1, 0.15) is 0 Å². The van der Waals surface area contributed by atoms with Crippen LogP contribution in [0.3, 0.4) is 0 Å². The van der Waals surface area contributed by atoms with E-state index in [-0.39, 0.29) is 11.5 Å². The highest BCUT2D eigenvalue weighted by atomic mass is 28.4. The summed E-state index contributed by atoms with van der Waals surface area (Å²) < 4.78 is 6.33. The molecule has 0 unspecified atom stereocenters. The van der Waals surface area contributed by atoms with Crippen LogP contribution in [0.2, 0.25) is 18.1 Å². The molecule has 2 bridgehead atoms. The Balaban J connectivity index is 2.32. The quantitative estimate of drug-likeness (QED) is 0.779. The molecule has 0 aromatic heterocycles. The number of hydrogen-bond donors (Lipinski definition) is 2. The summed E-state index contributed by atoms with van der Waals surface area (Å²) in [5, 5.41) is 19.2. The zero-order valence-electron chi connectivity index (χ0n) is 13.5. The van der Waals surface area contributed by atoms with Crippen molar-refractivity contribution in [2.24, 2.45) is 10.8 Å². The number of aliphatic carboxylic acids is 2. The zero-order valence-corrected chi connectivity index (χ0v) is 14.5. The van der Waals surface area contributed by atoms with Crippen LogP contribution >= 0.6 is 0 Å². The summed E-state index contributed by atoms with van der Waals surface area (Å²) in [6.07, 6.45) is 0.936.